The number of ether oxygens (including phenoxy) is 3. The number of rotatable bonds is 5. The number of hydrogen-bond acceptors (Lipinski definition) is 6. The van der Waals surface area contributed by atoms with Crippen LogP contribution in [0.3, 0.4) is 0 Å². The number of hydrogen-bond donors (Lipinski definition) is 0. The first-order valence-electron chi connectivity index (χ1n) is 9.47. The summed E-state index contributed by atoms with van der Waals surface area (Å²) in [5, 5.41) is 0. The molecule has 0 saturated heterocycles. The second-order valence-electron chi connectivity index (χ2n) is 7.04. The Labute approximate surface area is 182 Å². The predicted octanol–water partition coefficient (Wildman–Crippen LogP) is 3.81. The predicted molar refractivity (Wildman–Crippen MR) is 116 cm³/mol. The van der Waals surface area contributed by atoms with Gasteiger partial charge in [0, 0.05) is 19.4 Å². The molecule has 0 spiro atoms. The van der Waals surface area contributed by atoms with E-state index in [-0.39, 0.29) is 23.1 Å². The van der Waals surface area contributed by atoms with Crippen LogP contribution in [0.4, 0.5) is 15.9 Å². The second kappa shape index (κ2) is 8.07. The average molecular weight is 444 g/mol. The third-order valence-corrected chi connectivity index (χ3v) is 6.48. The number of methoxy groups -OCH3 is 3. The third-order valence-electron chi connectivity index (χ3n) is 5.34. The maximum atomic E-state index is 13.4. The first-order valence-corrected chi connectivity index (χ1v) is 10.3. The van der Waals surface area contributed by atoms with Gasteiger partial charge in [-0.2, -0.15) is 0 Å². The van der Waals surface area contributed by atoms with Crippen molar-refractivity contribution >= 4 is 28.7 Å². The van der Waals surface area contributed by atoms with Crippen LogP contribution in [0.5, 0.6) is 17.2 Å². The minimum Gasteiger partial charge on any atom is -0.493 e. The molecule has 4 rings (SSSR count). The molecule has 0 fully saturated rings. The first-order chi connectivity index (χ1) is 14.9. The summed E-state index contributed by atoms with van der Waals surface area (Å²) < 4.78 is 31.2. The average Bonchev–Trinajstić information content (AvgIpc) is 3.07. The molecule has 31 heavy (non-hydrogen) atoms. The molecular formula is C22H21FN2O5S. The number of nitrogens with zero attached hydrogens (tertiary/aromatic N) is 2. The van der Waals surface area contributed by atoms with Crippen molar-refractivity contribution in [2.75, 3.05) is 26.2 Å². The molecule has 1 aromatic heterocycles. The molecule has 0 radical (unpaired) electrons. The summed E-state index contributed by atoms with van der Waals surface area (Å²) in [7, 11) is 6.19. The van der Waals surface area contributed by atoms with E-state index in [1.807, 2.05) is 0 Å². The number of anilines is 2. The van der Waals surface area contributed by atoms with Gasteiger partial charge in [0.2, 0.25) is 11.7 Å². The number of fused-ring (bicyclic) bond motifs is 1. The van der Waals surface area contributed by atoms with Crippen molar-refractivity contribution in [1.29, 1.82) is 0 Å². The lowest BCUT2D eigenvalue weighted by Gasteiger charge is -2.32. The lowest BCUT2D eigenvalue weighted by atomic mass is 9.90. The van der Waals surface area contributed by atoms with Crippen LogP contribution in [0.2, 0.25) is 0 Å². The summed E-state index contributed by atoms with van der Waals surface area (Å²) in [6, 6.07) is 9.22. The van der Waals surface area contributed by atoms with Gasteiger partial charge in [-0.25, -0.2) is 4.39 Å². The Hall–Kier alpha value is -3.33. The van der Waals surface area contributed by atoms with Gasteiger partial charge >= 0.3 is 4.87 Å². The number of benzene rings is 2. The van der Waals surface area contributed by atoms with E-state index < -0.39 is 5.82 Å². The van der Waals surface area contributed by atoms with E-state index in [9.17, 15) is 14.0 Å². The first kappa shape index (κ1) is 20.9. The van der Waals surface area contributed by atoms with Gasteiger partial charge in [-0.15, -0.1) is 0 Å². The fourth-order valence-electron chi connectivity index (χ4n) is 3.85. The van der Waals surface area contributed by atoms with Crippen molar-refractivity contribution < 1.29 is 23.4 Å². The van der Waals surface area contributed by atoms with E-state index >= 15 is 0 Å². The van der Waals surface area contributed by atoms with Gasteiger partial charge in [-0.05, 0) is 42.0 Å². The Balaban J connectivity index is 1.89. The SMILES string of the molecule is COc1cc([C@H]2CC(=O)N(c3ccc(F)cc3)c3c2sc(=O)n3C)cc(OC)c1OC. The zero-order valence-corrected chi connectivity index (χ0v) is 18.3. The van der Waals surface area contributed by atoms with Crippen LogP contribution >= 0.6 is 11.3 Å². The highest BCUT2D eigenvalue weighted by atomic mass is 32.1. The molecule has 0 aliphatic carbocycles. The number of carbonyl (C=O) groups excluding carboxylic acids is 1. The zero-order chi connectivity index (χ0) is 22.3. The van der Waals surface area contributed by atoms with Gasteiger partial charge in [0.05, 0.1) is 31.9 Å². The van der Waals surface area contributed by atoms with E-state index in [1.165, 1.54) is 55.1 Å². The van der Waals surface area contributed by atoms with Gasteiger partial charge in [0.1, 0.15) is 11.6 Å². The van der Waals surface area contributed by atoms with Crippen molar-refractivity contribution in [3.63, 3.8) is 0 Å². The summed E-state index contributed by atoms with van der Waals surface area (Å²) in [6.45, 7) is 0. The molecule has 0 saturated carbocycles. The van der Waals surface area contributed by atoms with Gasteiger partial charge in [0.25, 0.3) is 0 Å². The molecule has 0 bridgehead atoms. The van der Waals surface area contributed by atoms with Crippen molar-refractivity contribution in [1.82, 2.24) is 4.57 Å². The Kier molecular flexibility index (Phi) is 5.45. The number of amides is 1. The van der Waals surface area contributed by atoms with E-state index in [2.05, 4.69) is 0 Å². The topological polar surface area (TPSA) is 70.0 Å². The largest absolute Gasteiger partial charge is 0.493 e. The molecule has 1 aliphatic rings. The fraction of sp³-hybridized carbons (Fsp3) is 0.273. The Bertz CT molecular complexity index is 1180. The highest BCUT2D eigenvalue weighted by Gasteiger charge is 2.38. The molecule has 3 aromatic rings. The summed E-state index contributed by atoms with van der Waals surface area (Å²) in [5.41, 5.74) is 1.27. The van der Waals surface area contributed by atoms with Crippen LogP contribution in [0.15, 0.2) is 41.2 Å². The number of carbonyl (C=O) groups is 1. The smallest absolute Gasteiger partial charge is 0.308 e. The summed E-state index contributed by atoms with van der Waals surface area (Å²) >= 11 is 1.09. The maximum absolute atomic E-state index is 13.4. The van der Waals surface area contributed by atoms with Crippen LogP contribution in [-0.4, -0.2) is 31.8 Å². The second-order valence-corrected chi connectivity index (χ2v) is 8.03. The Morgan fingerprint density at radius 3 is 2.16 bits per heavy atom. The highest BCUT2D eigenvalue weighted by Crippen LogP contribution is 2.48. The monoisotopic (exact) mass is 444 g/mol. The molecule has 2 aromatic carbocycles. The van der Waals surface area contributed by atoms with E-state index in [0.717, 1.165) is 21.8 Å². The van der Waals surface area contributed by atoms with Crippen molar-refractivity contribution in [2.45, 2.75) is 12.3 Å². The van der Waals surface area contributed by atoms with Gasteiger partial charge in [-0.1, -0.05) is 11.3 Å². The van der Waals surface area contributed by atoms with Crippen LogP contribution in [0.1, 0.15) is 22.8 Å². The molecule has 1 atom stereocenters. The maximum Gasteiger partial charge on any atom is 0.308 e. The highest BCUT2D eigenvalue weighted by molar-refractivity contribution is 7.10. The number of aromatic nitrogens is 1. The Morgan fingerprint density at radius 2 is 1.61 bits per heavy atom. The number of halogens is 1. The van der Waals surface area contributed by atoms with Crippen molar-refractivity contribution in [3.05, 3.63) is 62.3 Å². The fourth-order valence-corrected chi connectivity index (χ4v) is 4.94. The quantitative estimate of drug-likeness (QED) is 0.599. The zero-order valence-electron chi connectivity index (χ0n) is 17.5. The van der Waals surface area contributed by atoms with Gasteiger partial charge in [-0.3, -0.25) is 19.1 Å². The van der Waals surface area contributed by atoms with Crippen LogP contribution in [-0.2, 0) is 11.8 Å². The summed E-state index contributed by atoms with van der Waals surface area (Å²) in [4.78, 5) is 27.9. The van der Waals surface area contributed by atoms with Gasteiger partial charge < -0.3 is 14.2 Å². The molecule has 2 heterocycles. The molecule has 162 valence electrons. The molecule has 0 N–H and O–H groups in total. The van der Waals surface area contributed by atoms with Crippen LogP contribution in [0, 0.1) is 5.82 Å². The minimum absolute atomic E-state index is 0.128. The summed E-state index contributed by atoms with van der Waals surface area (Å²) in [5.74, 6) is 0.896. The normalized spacial score (nSPS) is 15.6. The molecule has 1 aliphatic heterocycles. The lowest BCUT2D eigenvalue weighted by molar-refractivity contribution is -0.118. The Morgan fingerprint density at radius 1 is 1.00 bits per heavy atom. The van der Waals surface area contributed by atoms with Crippen molar-refractivity contribution in [3.8, 4) is 17.2 Å². The lowest BCUT2D eigenvalue weighted by Crippen LogP contribution is -2.34. The van der Waals surface area contributed by atoms with E-state index in [4.69, 9.17) is 14.2 Å². The van der Waals surface area contributed by atoms with Gasteiger partial charge in [0.15, 0.2) is 11.5 Å². The van der Waals surface area contributed by atoms with E-state index in [0.29, 0.717) is 28.8 Å². The molecule has 1 amide bonds. The number of thiazole rings is 1. The standard InChI is InChI=1S/C22H21FN2O5S/c1-24-21-20(31-22(24)27)15(11-18(26)25(21)14-7-5-13(23)6-8-14)12-9-16(28-2)19(30-4)17(10-12)29-3/h5-10,15H,11H2,1-4H3/t15-/m1/s1. The molecule has 0 unspecified atom stereocenters. The molecule has 9 heteroatoms. The molecule has 7 nitrogen and oxygen atoms in total. The van der Waals surface area contributed by atoms with Crippen LogP contribution in [0.25, 0.3) is 0 Å². The summed E-state index contributed by atoms with van der Waals surface area (Å²) in [6.07, 6.45) is 0.128. The minimum atomic E-state index is -0.400. The van der Waals surface area contributed by atoms with Crippen LogP contribution < -0.4 is 24.0 Å². The van der Waals surface area contributed by atoms with E-state index in [1.54, 1.807) is 19.2 Å². The third kappa shape index (κ3) is 3.44. The van der Waals surface area contributed by atoms with Crippen molar-refractivity contribution in [2.24, 2.45) is 7.05 Å². The molecular weight excluding hydrogens is 423 g/mol.